The number of carbonyl (C=O) groups is 2. The second-order valence-electron chi connectivity index (χ2n) is 7.18. The molecule has 0 saturated carbocycles. The van der Waals surface area contributed by atoms with Crippen LogP contribution in [0.1, 0.15) is 23.5 Å². The van der Waals surface area contributed by atoms with Crippen LogP contribution in [-0.2, 0) is 11.3 Å². The molecule has 2 N–H and O–H groups in total. The molecule has 2 atom stereocenters. The van der Waals surface area contributed by atoms with Gasteiger partial charge in [0, 0.05) is 44.5 Å². The van der Waals surface area contributed by atoms with Crippen LogP contribution >= 0.6 is 0 Å². The normalized spacial score (nSPS) is 25.2. The molecule has 26 heavy (non-hydrogen) atoms. The minimum absolute atomic E-state index is 0.0254. The zero-order chi connectivity index (χ0) is 18.1. The van der Waals surface area contributed by atoms with Gasteiger partial charge < -0.3 is 15.5 Å². The van der Waals surface area contributed by atoms with E-state index in [1.165, 1.54) is 0 Å². The predicted octanol–water partition coefficient (Wildman–Crippen LogP) is 1.98. The number of nitrogens with two attached hydrogens (primary N) is 1. The standard InChI is InChI=1S/C20H22N4O2/c21-19(26)24-13-17(16-6-2-1-3-7-16)20(14-24)8-10-23(18(20)25)12-15-5-4-9-22-11-15/h1-7,9,11,17H,8,10,12-14H2,(H2,21,26)/t17-,20+/m1/s1. The first-order chi connectivity index (χ1) is 12.6. The first-order valence-electron chi connectivity index (χ1n) is 8.88. The van der Waals surface area contributed by atoms with Gasteiger partial charge in [-0.25, -0.2) is 4.79 Å². The molecule has 3 amide bonds. The molecule has 6 nitrogen and oxygen atoms in total. The lowest BCUT2D eigenvalue weighted by Crippen LogP contribution is -2.41. The molecular weight excluding hydrogens is 328 g/mol. The van der Waals surface area contributed by atoms with Crippen molar-refractivity contribution in [3.05, 3.63) is 66.0 Å². The van der Waals surface area contributed by atoms with Gasteiger partial charge in [0.2, 0.25) is 5.91 Å². The number of hydrogen-bond acceptors (Lipinski definition) is 3. The molecule has 2 fully saturated rings. The lowest BCUT2D eigenvalue weighted by Gasteiger charge is -2.29. The number of carbonyl (C=O) groups excluding carboxylic acids is 2. The van der Waals surface area contributed by atoms with Gasteiger partial charge in [-0.2, -0.15) is 0 Å². The van der Waals surface area contributed by atoms with Gasteiger partial charge in [-0.05, 0) is 23.6 Å². The highest BCUT2D eigenvalue weighted by Gasteiger charge is 2.57. The zero-order valence-electron chi connectivity index (χ0n) is 14.5. The summed E-state index contributed by atoms with van der Waals surface area (Å²) in [5.41, 5.74) is 7.07. The number of benzene rings is 1. The number of aromatic nitrogens is 1. The van der Waals surface area contributed by atoms with E-state index in [2.05, 4.69) is 4.98 Å². The molecule has 4 rings (SSSR count). The van der Waals surface area contributed by atoms with Crippen LogP contribution in [0.25, 0.3) is 0 Å². The fourth-order valence-electron chi connectivity index (χ4n) is 4.38. The zero-order valence-corrected chi connectivity index (χ0v) is 14.5. The summed E-state index contributed by atoms with van der Waals surface area (Å²) in [5.74, 6) is 0.0848. The van der Waals surface area contributed by atoms with E-state index < -0.39 is 11.4 Å². The van der Waals surface area contributed by atoms with E-state index in [1.54, 1.807) is 17.3 Å². The Labute approximate surface area is 152 Å². The first kappa shape index (κ1) is 16.6. The highest BCUT2D eigenvalue weighted by Crippen LogP contribution is 2.50. The molecule has 2 aliphatic rings. The topological polar surface area (TPSA) is 79.5 Å². The molecule has 2 saturated heterocycles. The van der Waals surface area contributed by atoms with Crippen LogP contribution in [0.15, 0.2) is 54.9 Å². The molecule has 3 heterocycles. The molecule has 1 aromatic carbocycles. The highest BCUT2D eigenvalue weighted by molar-refractivity contribution is 5.88. The molecule has 2 aromatic rings. The second kappa shape index (κ2) is 6.44. The van der Waals surface area contributed by atoms with Crippen molar-refractivity contribution in [1.82, 2.24) is 14.8 Å². The van der Waals surface area contributed by atoms with Crippen LogP contribution in [-0.4, -0.2) is 46.4 Å². The average molecular weight is 350 g/mol. The van der Waals surface area contributed by atoms with Gasteiger partial charge in [-0.1, -0.05) is 36.4 Å². The Bertz CT molecular complexity index is 811. The Morgan fingerprint density at radius 1 is 1.23 bits per heavy atom. The monoisotopic (exact) mass is 350 g/mol. The highest BCUT2D eigenvalue weighted by atomic mass is 16.2. The summed E-state index contributed by atoms with van der Waals surface area (Å²) in [6.45, 7) is 2.12. The molecule has 0 radical (unpaired) electrons. The van der Waals surface area contributed by atoms with E-state index in [-0.39, 0.29) is 11.8 Å². The minimum atomic E-state index is -0.585. The summed E-state index contributed by atoms with van der Waals surface area (Å²) >= 11 is 0. The lowest BCUT2D eigenvalue weighted by atomic mass is 9.73. The third-order valence-electron chi connectivity index (χ3n) is 5.69. The van der Waals surface area contributed by atoms with Gasteiger partial charge >= 0.3 is 6.03 Å². The van der Waals surface area contributed by atoms with Crippen molar-refractivity contribution in [3.63, 3.8) is 0 Å². The summed E-state index contributed by atoms with van der Waals surface area (Å²) in [6, 6.07) is 13.4. The van der Waals surface area contributed by atoms with Crippen molar-refractivity contribution >= 4 is 11.9 Å². The van der Waals surface area contributed by atoms with Crippen LogP contribution in [0.4, 0.5) is 4.79 Å². The van der Waals surface area contributed by atoms with E-state index in [1.807, 2.05) is 47.4 Å². The largest absolute Gasteiger partial charge is 0.351 e. The third kappa shape index (κ3) is 2.71. The number of amides is 3. The van der Waals surface area contributed by atoms with Gasteiger partial charge in [0.25, 0.3) is 0 Å². The molecule has 0 unspecified atom stereocenters. The van der Waals surface area contributed by atoms with E-state index in [0.717, 1.165) is 17.5 Å². The molecule has 0 bridgehead atoms. The Morgan fingerprint density at radius 2 is 2.04 bits per heavy atom. The second-order valence-corrected chi connectivity index (χ2v) is 7.18. The van der Waals surface area contributed by atoms with Gasteiger partial charge in [0.15, 0.2) is 0 Å². The maximum absolute atomic E-state index is 13.4. The fourth-order valence-corrected chi connectivity index (χ4v) is 4.38. The maximum Gasteiger partial charge on any atom is 0.314 e. The summed E-state index contributed by atoms with van der Waals surface area (Å²) in [6.07, 6.45) is 4.25. The molecule has 0 aliphatic carbocycles. The quantitative estimate of drug-likeness (QED) is 0.919. The Morgan fingerprint density at radius 3 is 2.73 bits per heavy atom. The smallest absolute Gasteiger partial charge is 0.314 e. The van der Waals surface area contributed by atoms with Crippen LogP contribution in [0.5, 0.6) is 0 Å². The molecule has 1 spiro atoms. The minimum Gasteiger partial charge on any atom is -0.351 e. The number of nitrogens with zero attached hydrogens (tertiary/aromatic N) is 3. The number of rotatable bonds is 3. The van der Waals surface area contributed by atoms with Crippen molar-refractivity contribution in [2.45, 2.75) is 18.9 Å². The number of likely N-dealkylation sites (tertiary alicyclic amines) is 2. The van der Waals surface area contributed by atoms with E-state index in [0.29, 0.717) is 26.2 Å². The van der Waals surface area contributed by atoms with Crippen molar-refractivity contribution in [2.75, 3.05) is 19.6 Å². The first-order valence-corrected chi connectivity index (χ1v) is 8.88. The number of hydrogen-bond donors (Lipinski definition) is 1. The molecule has 134 valence electrons. The van der Waals surface area contributed by atoms with Crippen LogP contribution in [0.3, 0.4) is 0 Å². The van der Waals surface area contributed by atoms with Crippen LogP contribution in [0, 0.1) is 5.41 Å². The number of urea groups is 1. The molecule has 6 heteroatoms. The summed E-state index contributed by atoms with van der Waals surface area (Å²) in [4.78, 5) is 32.9. The molecule has 2 aliphatic heterocycles. The summed E-state index contributed by atoms with van der Waals surface area (Å²) in [5, 5.41) is 0. The van der Waals surface area contributed by atoms with Gasteiger partial charge in [0.1, 0.15) is 0 Å². The van der Waals surface area contributed by atoms with Crippen LogP contribution in [0.2, 0.25) is 0 Å². The molecule has 1 aromatic heterocycles. The number of pyridine rings is 1. The fraction of sp³-hybridized carbons (Fsp3) is 0.350. The average Bonchev–Trinajstić information content (AvgIpc) is 3.20. The Kier molecular flexibility index (Phi) is 4.11. The van der Waals surface area contributed by atoms with E-state index in [4.69, 9.17) is 5.73 Å². The van der Waals surface area contributed by atoms with Gasteiger partial charge in [-0.15, -0.1) is 0 Å². The van der Waals surface area contributed by atoms with E-state index >= 15 is 0 Å². The Balaban J connectivity index is 1.64. The van der Waals surface area contributed by atoms with Crippen molar-refractivity contribution < 1.29 is 9.59 Å². The Hall–Kier alpha value is -2.89. The number of primary amides is 1. The maximum atomic E-state index is 13.4. The van der Waals surface area contributed by atoms with Crippen molar-refractivity contribution in [1.29, 1.82) is 0 Å². The van der Waals surface area contributed by atoms with Crippen molar-refractivity contribution in [2.24, 2.45) is 11.1 Å². The van der Waals surface area contributed by atoms with Gasteiger partial charge in [0.05, 0.1) is 5.41 Å². The van der Waals surface area contributed by atoms with E-state index in [9.17, 15) is 9.59 Å². The van der Waals surface area contributed by atoms with Crippen molar-refractivity contribution in [3.8, 4) is 0 Å². The van der Waals surface area contributed by atoms with Gasteiger partial charge in [-0.3, -0.25) is 9.78 Å². The SMILES string of the molecule is NC(=O)N1C[C@H](c2ccccc2)[C@]2(CCN(Cc3cccnc3)C2=O)C1. The molecular formula is C20H22N4O2. The summed E-state index contributed by atoms with van der Waals surface area (Å²) < 4.78 is 0. The predicted molar refractivity (Wildman–Crippen MR) is 97.0 cm³/mol. The third-order valence-corrected chi connectivity index (χ3v) is 5.69. The lowest BCUT2D eigenvalue weighted by molar-refractivity contribution is -0.136. The summed E-state index contributed by atoms with van der Waals surface area (Å²) in [7, 11) is 0. The van der Waals surface area contributed by atoms with Crippen LogP contribution < -0.4 is 5.73 Å².